The molecule has 1 heteroatoms. The third-order valence-corrected chi connectivity index (χ3v) is 4.11. The summed E-state index contributed by atoms with van der Waals surface area (Å²) >= 11 is 0. The summed E-state index contributed by atoms with van der Waals surface area (Å²) in [6.45, 7) is 15.9. The number of nitrogens with zero attached hydrogens (tertiary/aromatic N) is 1. The minimum absolute atomic E-state index is 0.209. The lowest BCUT2D eigenvalue weighted by atomic mass is 9.75. The van der Waals surface area contributed by atoms with Crippen LogP contribution in [0.1, 0.15) is 39.7 Å². The van der Waals surface area contributed by atoms with E-state index in [0.717, 1.165) is 13.1 Å². The molecule has 1 aliphatic heterocycles. The smallest absolute Gasteiger partial charge is 0.0195 e. The molecule has 0 amide bonds. The van der Waals surface area contributed by atoms with E-state index in [1.54, 1.807) is 0 Å². The van der Waals surface area contributed by atoms with Crippen LogP contribution in [0, 0.1) is 11.3 Å². The van der Waals surface area contributed by atoms with E-state index in [1.165, 1.54) is 23.1 Å². The number of hydrogen-bond donors (Lipinski definition) is 0. The zero-order chi connectivity index (χ0) is 14.8. The van der Waals surface area contributed by atoms with Crippen molar-refractivity contribution in [3.63, 3.8) is 0 Å². The van der Waals surface area contributed by atoms with Crippen LogP contribution < -0.4 is 0 Å². The molecule has 1 heterocycles. The summed E-state index contributed by atoms with van der Waals surface area (Å²) in [6.07, 6.45) is 3.54. The fraction of sp³-hybridized carbons (Fsp3) is 0.474. The summed E-state index contributed by atoms with van der Waals surface area (Å²) in [5.41, 5.74) is 4.00. The topological polar surface area (TPSA) is 3.24 Å². The highest BCUT2D eigenvalue weighted by atomic mass is 15.1. The van der Waals surface area contributed by atoms with E-state index in [0.29, 0.717) is 5.92 Å². The zero-order valence-corrected chi connectivity index (χ0v) is 13.3. The SMILES string of the molecule is C=C(C1=CN(CC(C)C)CCC1(C)C)c1ccccc1. The van der Waals surface area contributed by atoms with Crippen LogP contribution in [0.2, 0.25) is 0 Å². The summed E-state index contributed by atoms with van der Waals surface area (Å²) in [5.74, 6) is 0.693. The molecule has 0 atom stereocenters. The van der Waals surface area contributed by atoms with Gasteiger partial charge < -0.3 is 4.90 Å². The monoisotopic (exact) mass is 269 g/mol. The lowest BCUT2D eigenvalue weighted by molar-refractivity contribution is 0.248. The van der Waals surface area contributed by atoms with Gasteiger partial charge in [0.1, 0.15) is 0 Å². The van der Waals surface area contributed by atoms with Gasteiger partial charge in [-0.25, -0.2) is 0 Å². The fourth-order valence-corrected chi connectivity index (χ4v) is 2.87. The van der Waals surface area contributed by atoms with E-state index in [9.17, 15) is 0 Å². The third-order valence-electron chi connectivity index (χ3n) is 4.11. The molecule has 1 aromatic rings. The predicted molar refractivity (Wildman–Crippen MR) is 88.4 cm³/mol. The van der Waals surface area contributed by atoms with Crippen molar-refractivity contribution in [3.8, 4) is 0 Å². The maximum atomic E-state index is 4.36. The van der Waals surface area contributed by atoms with Crippen molar-refractivity contribution in [2.45, 2.75) is 34.1 Å². The number of hydrogen-bond acceptors (Lipinski definition) is 1. The van der Waals surface area contributed by atoms with Gasteiger partial charge in [-0.1, -0.05) is 64.6 Å². The quantitative estimate of drug-likeness (QED) is 0.746. The Morgan fingerprint density at radius 3 is 2.50 bits per heavy atom. The summed E-state index contributed by atoms with van der Waals surface area (Å²) < 4.78 is 0. The molecule has 0 radical (unpaired) electrons. The first-order chi connectivity index (χ1) is 9.40. The summed E-state index contributed by atoms with van der Waals surface area (Å²) in [4.78, 5) is 2.46. The number of benzene rings is 1. The minimum Gasteiger partial charge on any atom is -0.377 e. The van der Waals surface area contributed by atoms with Gasteiger partial charge in [0.15, 0.2) is 0 Å². The molecular formula is C19H27N. The molecule has 0 saturated carbocycles. The molecule has 1 nitrogen and oxygen atoms in total. The van der Waals surface area contributed by atoms with Gasteiger partial charge in [-0.3, -0.25) is 0 Å². The Labute approximate surface area is 124 Å². The van der Waals surface area contributed by atoms with Gasteiger partial charge in [-0.05, 0) is 34.5 Å². The summed E-state index contributed by atoms with van der Waals surface area (Å²) in [6, 6.07) is 10.5. The predicted octanol–water partition coefficient (Wildman–Crippen LogP) is 4.97. The minimum atomic E-state index is 0.209. The Morgan fingerprint density at radius 2 is 1.90 bits per heavy atom. The van der Waals surface area contributed by atoms with E-state index in [4.69, 9.17) is 0 Å². The van der Waals surface area contributed by atoms with Gasteiger partial charge in [-0.15, -0.1) is 0 Å². The first-order valence-corrected chi connectivity index (χ1v) is 7.61. The molecule has 1 aromatic carbocycles. The van der Waals surface area contributed by atoms with Crippen molar-refractivity contribution in [2.24, 2.45) is 11.3 Å². The molecule has 2 rings (SSSR count). The molecule has 20 heavy (non-hydrogen) atoms. The normalized spacial score (nSPS) is 18.1. The van der Waals surface area contributed by atoms with Crippen molar-refractivity contribution in [2.75, 3.05) is 13.1 Å². The zero-order valence-electron chi connectivity index (χ0n) is 13.3. The summed E-state index contributed by atoms with van der Waals surface area (Å²) in [5, 5.41) is 0. The van der Waals surface area contributed by atoms with Crippen LogP contribution in [0.25, 0.3) is 5.57 Å². The van der Waals surface area contributed by atoms with Crippen LogP contribution in [-0.4, -0.2) is 18.0 Å². The van der Waals surface area contributed by atoms with Crippen molar-refractivity contribution in [3.05, 3.63) is 54.2 Å². The lowest BCUT2D eigenvalue weighted by Gasteiger charge is -2.39. The van der Waals surface area contributed by atoms with E-state index in [1.807, 2.05) is 0 Å². The molecule has 0 fully saturated rings. The second kappa shape index (κ2) is 5.87. The van der Waals surface area contributed by atoms with Crippen LogP contribution >= 0.6 is 0 Å². The molecule has 1 aliphatic rings. The van der Waals surface area contributed by atoms with Gasteiger partial charge in [0, 0.05) is 19.3 Å². The first kappa shape index (κ1) is 14.9. The largest absolute Gasteiger partial charge is 0.377 e. The van der Waals surface area contributed by atoms with E-state index < -0.39 is 0 Å². The molecule has 0 aliphatic carbocycles. The average molecular weight is 269 g/mol. The van der Waals surface area contributed by atoms with Crippen molar-refractivity contribution >= 4 is 5.57 Å². The molecule has 0 aromatic heterocycles. The Balaban J connectivity index is 2.29. The number of allylic oxidation sites excluding steroid dienone is 2. The Kier molecular flexibility index (Phi) is 4.37. The van der Waals surface area contributed by atoms with E-state index >= 15 is 0 Å². The fourth-order valence-electron chi connectivity index (χ4n) is 2.87. The Hall–Kier alpha value is -1.50. The van der Waals surface area contributed by atoms with Crippen molar-refractivity contribution < 1.29 is 0 Å². The Morgan fingerprint density at radius 1 is 1.25 bits per heavy atom. The van der Waals surface area contributed by atoms with Crippen LogP contribution in [-0.2, 0) is 0 Å². The second-order valence-electron chi connectivity index (χ2n) is 6.91. The molecule has 0 unspecified atom stereocenters. The maximum Gasteiger partial charge on any atom is 0.0195 e. The molecule has 0 spiro atoms. The van der Waals surface area contributed by atoms with Gasteiger partial charge in [0.25, 0.3) is 0 Å². The first-order valence-electron chi connectivity index (χ1n) is 7.61. The van der Waals surface area contributed by atoms with Gasteiger partial charge >= 0.3 is 0 Å². The average Bonchev–Trinajstić information content (AvgIpc) is 2.40. The highest BCUT2D eigenvalue weighted by molar-refractivity contribution is 5.78. The van der Waals surface area contributed by atoms with Crippen molar-refractivity contribution in [1.82, 2.24) is 4.90 Å². The Bertz CT molecular complexity index is 494. The van der Waals surface area contributed by atoms with Crippen molar-refractivity contribution in [1.29, 1.82) is 0 Å². The summed E-state index contributed by atoms with van der Waals surface area (Å²) in [7, 11) is 0. The lowest BCUT2D eigenvalue weighted by Crippen LogP contribution is -2.34. The molecular weight excluding hydrogens is 242 g/mol. The van der Waals surface area contributed by atoms with Crippen LogP contribution in [0.4, 0.5) is 0 Å². The number of rotatable bonds is 4. The van der Waals surface area contributed by atoms with E-state index in [-0.39, 0.29) is 5.41 Å². The van der Waals surface area contributed by atoms with E-state index in [2.05, 4.69) is 75.7 Å². The van der Waals surface area contributed by atoms with Gasteiger partial charge in [-0.2, -0.15) is 0 Å². The highest BCUT2D eigenvalue weighted by Gasteiger charge is 2.30. The molecule has 0 saturated heterocycles. The maximum absolute atomic E-state index is 4.36. The molecule has 0 N–H and O–H groups in total. The standard InChI is InChI=1S/C19H27N/c1-15(2)13-20-12-11-19(4,5)18(14-20)16(3)17-9-7-6-8-10-17/h6-10,14-15H,3,11-13H2,1-2,4-5H3. The molecule has 108 valence electrons. The highest BCUT2D eigenvalue weighted by Crippen LogP contribution is 2.41. The van der Waals surface area contributed by atoms with Crippen LogP contribution in [0.5, 0.6) is 0 Å². The van der Waals surface area contributed by atoms with Crippen LogP contribution in [0.3, 0.4) is 0 Å². The molecule has 0 bridgehead atoms. The second-order valence-corrected chi connectivity index (χ2v) is 6.91. The van der Waals surface area contributed by atoms with Gasteiger partial charge in [0.2, 0.25) is 0 Å². The van der Waals surface area contributed by atoms with Crippen LogP contribution in [0.15, 0.2) is 48.7 Å². The van der Waals surface area contributed by atoms with Gasteiger partial charge in [0.05, 0.1) is 0 Å². The third kappa shape index (κ3) is 3.33.